The fourth-order valence-corrected chi connectivity index (χ4v) is 2.42. The van der Waals surface area contributed by atoms with Crippen LogP contribution in [0.3, 0.4) is 0 Å². The minimum Gasteiger partial charge on any atom is -0.325 e. The van der Waals surface area contributed by atoms with Crippen LogP contribution in [0.15, 0.2) is 29.4 Å². The highest BCUT2D eigenvalue weighted by atomic mass is 35.5. The van der Waals surface area contributed by atoms with E-state index in [2.05, 4.69) is 34.3 Å². The molecule has 112 valence electrons. The summed E-state index contributed by atoms with van der Waals surface area (Å²) in [6, 6.07) is 6.99. The lowest BCUT2D eigenvalue weighted by Crippen LogP contribution is -2.13. The molecule has 0 aliphatic heterocycles. The van der Waals surface area contributed by atoms with Gasteiger partial charge in [-0.25, -0.2) is 4.98 Å². The predicted molar refractivity (Wildman–Crippen MR) is 85.7 cm³/mol. The number of hydrogen-bond donors (Lipinski definition) is 2. The van der Waals surface area contributed by atoms with Crippen molar-refractivity contribution < 1.29 is 4.79 Å². The van der Waals surface area contributed by atoms with Crippen LogP contribution < -0.4 is 5.32 Å². The highest BCUT2D eigenvalue weighted by Gasteiger charge is 2.09. The van der Waals surface area contributed by atoms with E-state index in [1.54, 1.807) is 24.3 Å². The molecule has 0 saturated carbocycles. The molecule has 5 nitrogen and oxygen atoms in total. The normalized spacial score (nSPS) is 10.9. The van der Waals surface area contributed by atoms with Gasteiger partial charge >= 0.3 is 0 Å². The Morgan fingerprint density at radius 2 is 2.10 bits per heavy atom. The van der Waals surface area contributed by atoms with Gasteiger partial charge in [-0.15, -0.1) is 5.10 Å². The summed E-state index contributed by atoms with van der Waals surface area (Å²) in [5.41, 5.74) is 0.723. The van der Waals surface area contributed by atoms with Crippen molar-refractivity contribution in [3.8, 4) is 0 Å². The summed E-state index contributed by atoms with van der Waals surface area (Å²) >= 11 is 7.10. The molecule has 0 bridgehead atoms. The Morgan fingerprint density at radius 1 is 1.38 bits per heavy atom. The summed E-state index contributed by atoms with van der Waals surface area (Å²) in [5, 5.41) is 11.0. The van der Waals surface area contributed by atoms with Crippen LogP contribution in [0.1, 0.15) is 19.7 Å². The molecule has 1 amide bonds. The molecule has 0 aliphatic rings. The van der Waals surface area contributed by atoms with Crippen LogP contribution >= 0.6 is 23.4 Å². The van der Waals surface area contributed by atoms with E-state index in [1.807, 2.05) is 0 Å². The third-order valence-electron chi connectivity index (χ3n) is 2.57. The number of amides is 1. The SMILES string of the molecule is CC(C)Cc1nc(SCC(=O)Nc2ccc(Cl)cc2)n[nH]1. The largest absolute Gasteiger partial charge is 0.325 e. The lowest BCUT2D eigenvalue weighted by Gasteiger charge is -2.03. The molecule has 1 aromatic heterocycles. The van der Waals surface area contributed by atoms with E-state index < -0.39 is 0 Å². The second kappa shape index (κ2) is 7.47. The van der Waals surface area contributed by atoms with Crippen molar-refractivity contribution in [2.45, 2.75) is 25.4 Å². The number of aromatic amines is 1. The Bertz CT molecular complexity index is 597. The summed E-state index contributed by atoms with van der Waals surface area (Å²) in [6.07, 6.45) is 0.852. The second-order valence-electron chi connectivity index (χ2n) is 5.01. The van der Waals surface area contributed by atoms with Gasteiger partial charge in [-0.2, -0.15) is 0 Å². The van der Waals surface area contributed by atoms with Crippen molar-refractivity contribution in [1.29, 1.82) is 0 Å². The molecule has 2 aromatic rings. The minimum atomic E-state index is -0.0995. The third-order valence-corrected chi connectivity index (χ3v) is 3.67. The molecular weight excluding hydrogens is 308 g/mol. The number of benzene rings is 1. The van der Waals surface area contributed by atoms with Gasteiger partial charge in [-0.1, -0.05) is 37.2 Å². The zero-order chi connectivity index (χ0) is 15.2. The standard InChI is InChI=1S/C14H17ClN4OS/c1-9(2)7-12-17-14(19-18-12)21-8-13(20)16-11-5-3-10(15)4-6-11/h3-6,9H,7-8H2,1-2H3,(H,16,20)(H,17,18,19). The lowest BCUT2D eigenvalue weighted by molar-refractivity contribution is -0.113. The number of nitrogens with zero attached hydrogens (tertiary/aromatic N) is 2. The van der Waals surface area contributed by atoms with E-state index >= 15 is 0 Å². The number of H-pyrrole nitrogens is 1. The fraction of sp³-hybridized carbons (Fsp3) is 0.357. The van der Waals surface area contributed by atoms with Crippen molar-refractivity contribution in [3.05, 3.63) is 35.1 Å². The third kappa shape index (κ3) is 5.40. The number of carbonyl (C=O) groups excluding carboxylic acids is 1. The maximum atomic E-state index is 11.8. The van der Waals surface area contributed by atoms with Crippen molar-refractivity contribution >= 4 is 35.0 Å². The maximum absolute atomic E-state index is 11.8. The number of halogens is 1. The van der Waals surface area contributed by atoms with Crippen molar-refractivity contribution in [2.24, 2.45) is 5.92 Å². The molecule has 0 fully saturated rings. The highest BCUT2D eigenvalue weighted by Crippen LogP contribution is 2.16. The number of thioether (sulfide) groups is 1. The van der Waals surface area contributed by atoms with E-state index in [0.717, 1.165) is 17.9 Å². The second-order valence-corrected chi connectivity index (χ2v) is 6.39. The molecule has 1 heterocycles. The van der Waals surface area contributed by atoms with Crippen molar-refractivity contribution in [2.75, 3.05) is 11.1 Å². The number of rotatable bonds is 6. The summed E-state index contributed by atoms with van der Waals surface area (Å²) in [7, 11) is 0. The van der Waals surface area contributed by atoms with Gasteiger partial charge in [0, 0.05) is 17.1 Å². The van der Waals surface area contributed by atoms with Crippen LogP contribution in [0.2, 0.25) is 5.02 Å². The molecule has 21 heavy (non-hydrogen) atoms. The zero-order valence-electron chi connectivity index (χ0n) is 11.9. The van der Waals surface area contributed by atoms with Gasteiger partial charge in [0.1, 0.15) is 5.82 Å². The monoisotopic (exact) mass is 324 g/mol. The zero-order valence-corrected chi connectivity index (χ0v) is 13.5. The van der Waals surface area contributed by atoms with Gasteiger partial charge in [0.25, 0.3) is 0 Å². The van der Waals surface area contributed by atoms with Gasteiger partial charge in [0.05, 0.1) is 5.75 Å². The van der Waals surface area contributed by atoms with E-state index in [1.165, 1.54) is 11.8 Å². The quantitative estimate of drug-likeness (QED) is 0.799. The Balaban J connectivity index is 1.81. The van der Waals surface area contributed by atoms with Crippen LogP contribution in [0.5, 0.6) is 0 Å². The van der Waals surface area contributed by atoms with Gasteiger partial charge in [-0.3, -0.25) is 9.89 Å². The molecule has 1 aromatic carbocycles. The molecule has 0 unspecified atom stereocenters. The molecular formula is C14H17ClN4OS. The van der Waals surface area contributed by atoms with Crippen molar-refractivity contribution in [3.63, 3.8) is 0 Å². The summed E-state index contributed by atoms with van der Waals surface area (Å²) < 4.78 is 0. The molecule has 0 radical (unpaired) electrons. The number of anilines is 1. The van der Waals surface area contributed by atoms with E-state index in [-0.39, 0.29) is 11.7 Å². The first-order valence-electron chi connectivity index (χ1n) is 6.62. The molecule has 0 saturated heterocycles. The van der Waals surface area contributed by atoms with Crippen molar-refractivity contribution in [1.82, 2.24) is 15.2 Å². The van der Waals surface area contributed by atoms with Crippen LogP contribution in [-0.4, -0.2) is 26.8 Å². The molecule has 2 N–H and O–H groups in total. The molecule has 0 atom stereocenters. The maximum Gasteiger partial charge on any atom is 0.234 e. The minimum absolute atomic E-state index is 0.0995. The first-order valence-corrected chi connectivity index (χ1v) is 7.99. The molecule has 7 heteroatoms. The summed E-state index contributed by atoms with van der Waals surface area (Å²) in [6.45, 7) is 4.24. The summed E-state index contributed by atoms with van der Waals surface area (Å²) in [5.74, 6) is 1.54. The van der Waals surface area contributed by atoms with Gasteiger partial charge in [-0.05, 0) is 30.2 Å². The first kappa shape index (κ1) is 15.9. The number of carbonyl (C=O) groups is 1. The Hall–Kier alpha value is -1.53. The Morgan fingerprint density at radius 3 is 2.76 bits per heavy atom. The fourth-order valence-electron chi connectivity index (χ4n) is 1.68. The summed E-state index contributed by atoms with van der Waals surface area (Å²) in [4.78, 5) is 16.2. The Kier molecular flexibility index (Phi) is 5.64. The van der Waals surface area contributed by atoms with E-state index in [9.17, 15) is 4.79 Å². The van der Waals surface area contributed by atoms with E-state index in [0.29, 0.717) is 16.1 Å². The topological polar surface area (TPSA) is 70.7 Å². The number of hydrogen-bond acceptors (Lipinski definition) is 4. The van der Waals surface area contributed by atoms with Crippen LogP contribution in [0, 0.1) is 5.92 Å². The predicted octanol–water partition coefficient (Wildman–Crippen LogP) is 3.39. The number of nitrogens with one attached hydrogen (secondary N) is 2. The number of aromatic nitrogens is 3. The average Bonchev–Trinajstić information content (AvgIpc) is 2.86. The first-order chi connectivity index (χ1) is 10.0. The Labute approximate surface area is 132 Å². The van der Waals surface area contributed by atoms with Crippen LogP contribution in [0.25, 0.3) is 0 Å². The van der Waals surface area contributed by atoms with Gasteiger partial charge < -0.3 is 5.32 Å². The molecule has 0 spiro atoms. The van der Waals surface area contributed by atoms with Crippen LogP contribution in [0.4, 0.5) is 5.69 Å². The van der Waals surface area contributed by atoms with Gasteiger partial charge in [0.15, 0.2) is 0 Å². The highest BCUT2D eigenvalue weighted by molar-refractivity contribution is 7.99. The lowest BCUT2D eigenvalue weighted by atomic mass is 10.1. The van der Waals surface area contributed by atoms with E-state index in [4.69, 9.17) is 11.6 Å². The molecule has 2 rings (SSSR count). The molecule has 0 aliphatic carbocycles. The van der Waals surface area contributed by atoms with Crippen LogP contribution in [-0.2, 0) is 11.2 Å². The smallest absolute Gasteiger partial charge is 0.234 e. The average molecular weight is 325 g/mol. The van der Waals surface area contributed by atoms with Gasteiger partial charge in [0.2, 0.25) is 11.1 Å².